The lowest BCUT2D eigenvalue weighted by Gasteiger charge is -2.20. The van der Waals surface area contributed by atoms with Gasteiger partial charge >= 0.3 is 0 Å². The normalized spacial score (nSPS) is 22.8. The predicted octanol–water partition coefficient (Wildman–Crippen LogP) is 4.39. The summed E-state index contributed by atoms with van der Waals surface area (Å²) >= 11 is 1.42. The van der Waals surface area contributed by atoms with E-state index in [9.17, 15) is 4.79 Å². The van der Waals surface area contributed by atoms with E-state index in [1.807, 2.05) is 6.07 Å². The monoisotopic (exact) mass is 410 g/mol. The van der Waals surface area contributed by atoms with E-state index in [2.05, 4.69) is 10.1 Å². The third-order valence-corrected chi connectivity index (χ3v) is 6.66. The van der Waals surface area contributed by atoms with Crippen molar-refractivity contribution in [2.45, 2.75) is 44.9 Å². The molecule has 4 aliphatic rings. The van der Waals surface area contributed by atoms with Crippen LogP contribution in [-0.4, -0.2) is 33.8 Å². The molecule has 150 valence electrons. The van der Waals surface area contributed by atoms with Crippen molar-refractivity contribution < 1.29 is 14.3 Å². The number of benzene rings is 1. The highest BCUT2D eigenvalue weighted by Crippen LogP contribution is 2.35. The number of carbonyl (C=O) groups excluding carboxylic acids is 1. The molecule has 0 spiro atoms. The molecule has 0 saturated heterocycles. The lowest BCUT2D eigenvalue weighted by atomic mass is 9.86. The van der Waals surface area contributed by atoms with Gasteiger partial charge in [0.15, 0.2) is 17.3 Å². The van der Waals surface area contributed by atoms with Crippen LogP contribution in [0.25, 0.3) is 6.08 Å². The molecule has 8 heteroatoms. The number of amides is 1. The molecule has 1 aliphatic carbocycles. The molecule has 5 rings (SSSR count). The fourth-order valence-corrected chi connectivity index (χ4v) is 5.01. The summed E-state index contributed by atoms with van der Waals surface area (Å²) in [6.07, 6.45) is 10.3. The van der Waals surface area contributed by atoms with Crippen LogP contribution in [0.2, 0.25) is 0 Å². The fourth-order valence-electron chi connectivity index (χ4n) is 4.11. The van der Waals surface area contributed by atoms with E-state index in [0.717, 1.165) is 29.4 Å². The number of rotatable bonds is 4. The van der Waals surface area contributed by atoms with Crippen molar-refractivity contribution in [1.29, 1.82) is 5.41 Å². The average molecular weight is 410 g/mol. The molecule has 1 amide bonds. The van der Waals surface area contributed by atoms with E-state index >= 15 is 0 Å². The van der Waals surface area contributed by atoms with Crippen molar-refractivity contribution in [2.24, 2.45) is 16.0 Å². The van der Waals surface area contributed by atoms with Crippen molar-refractivity contribution in [3.63, 3.8) is 0 Å². The zero-order chi connectivity index (χ0) is 19.8. The molecule has 3 heterocycles. The van der Waals surface area contributed by atoms with Gasteiger partial charge in [-0.25, -0.2) is 0 Å². The molecule has 3 aliphatic heterocycles. The van der Waals surface area contributed by atoms with Gasteiger partial charge in [0.25, 0.3) is 5.91 Å². The van der Waals surface area contributed by atoms with E-state index < -0.39 is 5.91 Å². The maximum absolute atomic E-state index is 12.6. The quantitative estimate of drug-likeness (QED) is 0.744. The van der Waals surface area contributed by atoms with Crippen LogP contribution in [0.4, 0.5) is 0 Å². The Labute approximate surface area is 173 Å². The number of nitrogens with zero attached hydrogens (tertiary/aromatic N) is 3. The van der Waals surface area contributed by atoms with Gasteiger partial charge < -0.3 is 9.47 Å². The lowest BCUT2D eigenvalue weighted by Crippen LogP contribution is -2.35. The van der Waals surface area contributed by atoms with Crippen molar-refractivity contribution in [2.75, 3.05) is 6.79 Å². The number of aliphatic imine (C=N–C) groups is 1. The molecule has 29 heavy (non-hydrogen) atoms. The van der Waals surface area contributed by atoms with Gasteiger partial charge in [-0.15, -0.1) is 0 Å². The molecule has 1 fully saturated rings. The van der Waals surface area contributed by atoms with Crippen molar-refractivity contribution in [3.05, 3.63) is 29.3 Å². The summed E-state index contributed by atoms with van der Waals surface area (Å²) in [5.74, 6) is 1.75. The van der Waals surface area contributed by atoms with Crippen LogP contribution < -0.4 is 9.47 Å². The molecule has 0 bridgehead atoms. The number of amidine groups is 2. The largest absolute Gasteiger partial charge is 0.454 e. The molecule has 0 aromatic heterocycles. The third kappa shape index (κ3) is 3.69. The van der Waals surface area contributed by atoms with Gasteiger partial charge in [-0.05, 0) is 54.3 Å². The standard InChI is InChI=1S/C21H22N4O3S/c22-19-15(10-14-6-8-16-17(11-14)28-12-27-16)20(26)23-21-25(19)24-18(29-21)9-7-13-4-2-1-3-5-13/h6,8,10-11,13,22H,1-5,7,9,12H2/b15-10+,22-19?. The Morgan fingerprint density at radius 3 is 2.90 bits per heavy atom. The van der Waals surface area contributed by atoms with Crippen molar-refractivity contribution >= 4 is 39.8 Å². The molecule has 1 N–H and O–H groups in total. The smallest absolute Gasteiger partial charge is 0.283 e. The summed E-state index contributed by atoms with van der Waals surface area (Å²) in [4.78, 5) is 16.7. The van der Waals surface area contributed by atoms with Gasteiger partial charge in [-0.1, -0.05) is 38.2 Å². The minimum Gasteiger partial charge on any atom is -0.454 e. The molecule has 0 unspecified atom stereocenters. The van der Waals surface area contributed by atoms with Gasteiger partial charge in [0.1, 0.15) is 5.04 Å². The molecular formula is C21H22N4O3S. The number of hydrogen-bond acceptors (Lipinski definition) is 6. The Balaban J connectivity index is 1.32. The van der Waals surface area contributed by atoms with Crippen molar-refractivity contribution in [1.82, 2.24) is 5.01 Å². The maximum atomic E-state index is 12.6. The highest BCUT2D eigenvalue weighted by Gasteiger charge is 2.35. The van der Waals surface area contributed by atoms with E-state index in [-0.39, 0.29) is 18.2 Å². The van der Waals surface area contributed by atoms with Crippen LogP contribution in [0.15, 0.2) is 33.9 Å². The summed E-state index contributed by atoms with van der Waals surface area (Å²) in [6.45, 7) is 0.196. The molecule has 7 nitrogen and oxygen atoms in total. The first-order valence-corrected chi connectivity index (χ1v) is 10.9. The number of thioether (sulfide) groups is 1. The summed E-state index contributed by atoms with van der Waals surface area (Å²) in [7, 11) is 0. The molecule has 0 radical (unpaired) electrons. The van der Waals surface area contributed by atoms with Crippen LogP contribution in [0.1, 0.15) is 50.5 Å². The highest BCUT2D eigenvalue weighted by molar-refractivity contribution is 8.26. The number of fused-ring (bicyclic) bond motifs is 2. The van der Waals surface area contributed by atoms with E-state index in [1.165, 1.54) is 48.9 Å². The molecule has 1 aromatic rings. The second kappa shape index (κ2) is 7.67. The summed E-state index contributed by atoms with van der Waals surface area (Å²) in [5.41, 5.74) is 0.986. The molecule has 0 atom stereocenters. The lowest BCUT2D eigenvalue weighted by molar-refractivity contribution is -0.114. The minimum absolute atomic E-state index is 0.0674. The maximum Gasteiger partial charge on any atom is 0.283 e. The predicted molar refractivity (Wildman–Crippen MR) is 113 cm³/mol. The fraction of sp³-hybridized carbons (Fsp3) is 0.429. The van der Waals surface area contributed by atoms with Gasteiger partial charge in [-0.3, -0.25) is 10.2 Å². The zero-order valence-corrected chi connectivity index (χ0v) is 16.8. The van der Waals surface area contributed by atoms with Crippen LogP contribution in [0.3, 0.4) is 0 Å². The number of hydrogen-bond donors (Lipinski definition) is 1. The second-order valence-corrected chi connectivity index (χ2v) is 8.71. The average Bonchev–Trinajstić information content (AvgIpc) is 3.36. The van der Waals surface area contributed by atoms with Crippen LogP contribution >= 0.6 is 11.8 Å². The Bertz CT molecular complexity index is 963. The highest BCUT2D eigenvalue weighted by atomic mass is 32.2. The number of nitrogens with one attached hydrogen (secondary N) is 1. The van der Waals surface area contributed by atoms with Gasteiger partial charge in [0.05, 0.1) is 5.57 Å². The molecule has 1 saturated carbocycles. The van der Waals surface area contributed by atoms with E-state index in [4.69, 9.17) is 14.9 Å². The van der Waals surface area contributed by atoms with Crippen LogP contribution in [0, 0.1) is 11.3 Å². The summed E-state index contributed by atoms with van der Waals surface area (Å²) in [5, 5.41) is 16.0. The van der Waals surface area contributed by atoms with Gasteiger partial charge in [0.2, 0.25) is 12.0 Å². The third-order valence-electron chi connectivity index (χ3n) is 5.70. The van der Waals surface area contributed by atoms with Crippen LogP contribution in [-0.2, 0) is 4.79 Å². The Morgan fingerprint density at radius 1 is 1.21 bits per heavy atom. The Morgan fingerprint density at radius 2 is 2.03 bits per heavy atom. The Kier molecular flexibility index (Phi) is 4.87. The number of hydrazone groups is 1. The Hall–Kier alpha value is -2.61. The van der Waals surface area contributed by atoms with Gasteiger partial charge in [-0.2, -0.15) is 15.1 Å². The number of carbonyl (C=O) groups is 1. The summed E-state index contributed by atoms with van der Waals surface area (Å²) < 4.78 is 10.7. The van der Waals surface area contributed by atoms with E-state index in [1.54, 1.807) is 18.2 Å². The molecular weight excluding hydrogens is 388 g/mol. The molecule has 1 aromatic carbocycles. The summed E-state index contributed by atoms with van der Waals surface area (Å²) in [6, 6.07) is 5.43. The number of ether oxygens (including phenoxy) is 2. The first kappa shape index (κ1) is 18.4. The first-order chi connectivity index (χ1) is 14.2. The van der Waals surface area contributed by atoms with Crippen molar-refractivity contribution in [3.8, 4) is 11.5 Å². The van der Waals surface area contributed by atoms with E-state index in [0.29, 0.717) is 16.7 Å². The SMILES string of the molecule is N=C1/C(=C\c2ccc3c(c2)OCO3)C(=O)N=C2SC(CCC3CCCCC3)=NN12. The first-order valence-electron chi connectivity index (χ1n) is 10.1. The zero-order valence-electron chi connectivity index (χ0n) is 16.0. The minimum atomic E-state index is -0.407. The second-order valence-electron chi connectivity index (χ2n) is 7.67. The van der Waals surface area contributed by atoms with Crippen LogP contribution in [0.5, 0.6) is 11.5 Å². The van der Waals surface area contributed by atoms with Gasteiger partial charge in [0, 0.05) is 0 Å². The topological polar surface area (TPSA) is 87.3 Å².